The third-order valence-corrected chi connectivity index (χ3v) is 6.31. The molecular weight excluding hydrogens is 482 g/mol. The number of carbonyl (C=O) groups excluding carboxylic acids is 2. The number of benzene rings is 5. The highest BCUT2D eigenvalue weighted by atomic mass is 19.1. The van der Waals surface area contributed by atoms with Gasteiger partial charge in [0, 0.05) is 22.3 Å². The van der Waals surface area contributed by atoms with Crippen LogP contribution in [0.2, 0.25) is 0 Å². The SMILES string of the molecule is COc1ccc(-c2ccc(-c3cc(C(=O)c4ccc(F)cc4)cc(C(=O)c4ccc(F)cc4)c3)cc2)cc1. The maximum Gasteiger partial charge on any atom is 0.193 e. The number of hydrogen-bond acceptors (Lipinski definition) is 3. The van der Waals surface area contributed by atoms with Gasteiger partial charge in [0.25, 0.3) is 0 Å². The van der Waals surface area contributed by atoms with Crippen LogP contribution < -0.4 is 4.74 Å². The van der Waals surface area contributed by atoms with Crippen LogP contribution in [0.4, 0.5) is 8.78 Å². The molecule has 0 N–H and O–H groups in total. The van der Waals surface area contributed by atoms with Crippen LogP contribution in [-0.2, 0) is 0 Å². The van der Waals surface area contributed by atoms with E-state index < -0.39 is 11.6 Å². The Morgan fingerprint density at radius 3 is 1.24 bits per heavy atom. The van der Waals surface area contributed by atoms with E-state index in [9.17, 15) is 18.4 Å². The molecule has 5 heteroatoms. The van der Waals surface area contributed by atoms with Gasteiger partial charge in [0.15, 0.2) is 11.6 Å². The molecule has 0 unspecified atom stereocenters. The van der Waals surface area contributed by atoms with Gasteiger partial charge in [-0.1, -0.05) is 36.4 Å². The molecule has 0 heterocycles. The number of carbonyl (C=O) groups is 2. The lowest BCUT2D eigenvalue weighted by Crippen LogP contribution is -2.07. The average Bonchev–Trinajstić information content (AvgIpc) is 2.97. The zero-order valence-electron chi connectivity index (χ0n) is 20.5. The van der Waals surface area contributed by atoms with E-state index in [0.29, 0.717) is 27.8 Å². The fraction of sp³-hybridized carbons (Fsp3) is 0.0303. The van der Waals surface area contributed by atoms with Crippen LogP contribution in [0, 0.1) is 11.6 Å². The Bertz CT molecular complexity index is 1530. The van der Waals surface area contributed by atoms with E-state index in [0.717, 1.165) is 22.4 Å². The number of ether oxygens (including phenoxy) is 1. The summed E-state index contributed by atoms with van der Waals surface area (Å²) in [5.74, 6) is -0.796. The van der Waals surface area contributed by atoms with E-state index in [1.807, 2.05) is 48.5 Å². The highest BCUT2D eigenvalue weighted by molar-refractivity contribution is 6.14. The lowest BCUT2D eigenvalue weighted by Gasteiger charge is -2.11. The maximum absolute atomic E-state index is 13.4. The molecule has 0 amide bonds. The summed E-state index contributed by atoms with van der Waals surface area (Å²) in [5, 5.41) is 0. The van der Waals surface area contributed by atoms with Crippen molar-refractivity contribution in [3.63, 3.8) is 0 Å². The first kappa shape index (κ1) is 24.8. The second-order valence-corrected chi connectivity index (χ2v) is 8.78. The molecule has 0 fully saturated rings. The molecule has 0 aliphatic rings. The highest BCUT2D eigenvalue weighted by Gasteiger charge is 2.17. The summed E-state index contributed by atoms with van der Waals surface area (Å²) in [6.07, 6.45) is 0. The molecule has 0 bridgehead atoms. The van der Waals surface area contributed by atoms with E-state index in [4.69, 9.17) is 4.74 Å². The molecule has 0 aromatic heterocycles. The van der Waals surface area contributed by atoms with Crippen LogP contribution in [0.5, 0.6) is 5.75 Å². The van der Waals surface area contributed by atoms with Gasteiger partial charge < -0.3 is 4.74 Å². The van der Waals surface area contributed by atoms with Crippen molar-refractivity contribution in [2.45, 2.75) is 0 Å². The van der Waals surface area contributed by atoms with Crippen LogP contribution in [0.15, 0.2) is 115 Å². The quantitative estimate of drug-likeness (QED) is 0.213. The Morgan fingerprint density at radius 1 is 0.474 bits per heavy atom. The molecular formula is C33H22F2O3. The minimum absolute atomic E-state index is 0.291. The summed E-state index contributed by atoms with van der Waals surface area (Å²) in [5.41, 5.74) is 4.69. The lowest BCUT2D eigenvalue weighted by atomic mass is 9.92. The standard InChI is InChI=1S/C33H22F2O3/c1-38-31-16-10-22(11-17-31)21-2-4-23(5-3-21)26-18-27(32(36)24-6-12-29(34)13-7-24)20-28(19-26)33(37)25-8-14-30(35)15-9-25/h2-20H,1H3. The topological polar surface area (TPSA) is 43.4 Å². The molecule has 0 atom stereocenters. The van der Waals surface area contributed by atoms with E-state index >= 15 is 0 Å². The van der Waals surface area contributed by atoms with Gasteiger partial charge in [-0.25, -0.2) is 8.78 Å². The molecule has 5 rings (SSSR count). The fourth-order valence-electron chi connectivity index (χ4n) is 4.23. The van der Waals surface area contributed by atoms with Gasteiger partial charge in [-0.2, -0.15) is 0 Å². The summed E-state index contributed by atoms with van der Waals surface area (Å²) >= 11 is 0. The zero-order valence-corrected chi connectivity index (χ0v) is 20.5. The second kappa shape index (κ2) is 10.6. The fourth-order valence-corrected chi connectivity index (χ4v) is 4.23. The largest absolute Gasteiger partial charge is 0.497 e. The van der Waals surface area contributed by atoms with E-state index in [-0.39, 0.29) is 11.6 Å². The molecule has 186 valence electrons. The van der Waals surface area contributed by atoms with E-state index in [1.54, 1.807) is 19.2 Å². The molecule has 0 saturated carbocycles. The van der Waals surface area contributed by atoms with Crippen molar-refractivity contribution in [1.82, 2.24) is 0 Å². The summed E-state index contributed by atoms with van der Waals surface area (Å²) < 4.78 is 32.1. The molecule has 0 radical (unpaired) electrons. The number of methoxy groups -OCH3 is 1. The second-order valence-electron chi connectivity index (χ2n) is 8.78. The first-order valence-corrected chi connectivity index (χ1v) is 11.9. The molecule has 5 aromatic carbocycles. The average molecular weight is 505 g/mol. The van der Waals surface area contributed by atoms with Crippen molar-refractivity contribution in [2.24, 2.45) is 0 Å². The molecule has 0 saturated heterocycles. The molecule has 0 aliphatic heterocycles. The van der Waals surface area contributed by atoms with Crippen LogP contribution in [0.25, 0.3) is 22.3 Å². The van der Waals surface area contributed by atoms with Crippen molar-refractivity contribution < 1.29 is 23.1 Å². The van der Waals surface area contributed by atoms with Crippen molar-refractivity contribution in [2.75, 3.05) is 7.11 Å². The van der Waals surface area contributed by atoms with Crippen LogP contribution >= 0.6 is 0 Å². The van der Waals surface area contributed by atoms with Gasteiger partial charge in [0.2, 0.25) is 0 Å². The molecule has 0 spiro atoms. The maximum atomic E-state index is 13.4. The first-order chi connectivity index (χ1) is 18.4. The Balaban J connectivity index is 1.55. The summed E-state index contributed by atoms with van der Waals surface area (Å²) in [4.78, 5) is 26.6. The van der Waals surface area contributed by atoms with Gasteiger partial charge in [0.1, 0.15) is 17.4 Å². The predicted octanol–water partition coefficient (Wildman–Crippen LogP) is 7.77. The number of rotatable bonds is 7. The van der Waals surface area contributed by atoms with Crippen molar-refractivity contribution >= 4 is 11.6 Å². The third kappa shape index (κ3) is 5.27. The van der Waals surface area contributed by atoms with Crippen LogP contribution in [-0.4, -0.2) is 18.7 Å². The van der Waals surface area contributed by atoms with Gasteiger partial charge in [0.05, 0.1) is 7.11 Å². The monoisotopic (exact) mass is 504 g/mol. The van der Waals surface area contributed by atoms with Gasteiger partial charge >= 0.3 is 0 Å². The summed E-state index contributed by atoms with van der Waals surface area (Å²) in [7, 11) is 1.62. The van der Waals surface area contributed by atoms with Gasteiger partial charge in [-0.3, -0.25) is 9.59 Å². The Morgan fingerprint density at radius 2 is 0.842 bits per heavy atom. The normalized spacial score (nSPS) is 10.7. The van der Waals surface area contributed by atoms with E-state index in [1.165, 1.54) is 54.6 Å². The van der Waals surface area contributed by atoms with Gasteiger partial charge in [-0.05, 0) is 101 Å². The van der Waals surface area contributed by atoms with Gasteiger partial charge in [-0.15, -0.1) is 0 Å². The predicted molar refractivity (Wildman–Crippen MR) is 144 cm³/mol. The van der Waals surface area contributed by atoms with E-state index in [2.05, 4.69) is 0 Å². The molecule has 0 aliphatic carbocycles. The molecule has 5 aromatic rings. The van der Waals surface area contributed by atoms with Crippen molar-refractivity contribution in [1.29, 1.82) is 0 Å². The highest BCUT2D eigenvalue weighted by Crippen LogP contribution is 2.29. The zero-order chi connectivity index (χ0) is 26.6. The Hall–Kier alpha value is -4.90. The first-order valence-electron chi connectivity index (χ1n) is 11.9. The minimum Gasteiger partial charge on any atom is -0.497 e. The Labute approximate surface area is 219 Å². The summed E-state index contributed by atoms with van der Waals surface area (Å²) in [6, 6.07) is 31.0. The number of hydrogen-bond donors (Lipinski definition) is 0. The van der Waals surface area contributed by atoms with Crippen LogP contribution in [0.3, 0.4) is 0 Å². The Kier molecular flexibility index (Phi) is 6.92. The summed E-state index contributed by atoms with van der Waals surface area (Å²) in [6.45, 7) is 0. The third-order valence-electron chi connectivity index (χ3n) is 6.31. The lowest BCUT2D eigenvalue weighted by molar-refractivity contribution is 0.103. The molecule has 38 heavy (non-hydrogen) atoms. The van der Waals surface area contributed by atoms with Crippen molar-refractivity contribution in [3.05, 3.63) is 149 Å². The smallest absolute Gasteiger partial charge is 0.193 e. The van der Waals surface area contributed by atoms with Crippen LogP contribution in [0.1, 0.15) is 31.8 Å². The minimum atomic E-state index is -0.445. The number of ketones is 2. The number of halogens is 2. The molecule has 3 nitrogen and oxygen atoms in total. The van der Waals surface area contributed by atoms with Crippen molar-refractivity contribution in [3.8, 4) is 28.0 Å².